The zero-order valence-corrected chi connectivity index (χ0v) is 11.6. The molecule has 0 aromatic heterocycles. The van der Waals surface area contributed by atoms with Crippen molar-refractivity contribution in [2.75, 3.05) is 13.2 Å². The van der Waals surface area contributed by atoms with Crippen molar-refractivity contribution >= 4 is 0 Å². The summed E-state index contributed by atoms with van der Waals surface area (Å²) >= 11 is 0. The molecule has 1 aromatic rings. The molecule has 1 aliphatic heterocycles. The number of hydrogen-bond acceptors (Lipinski definition) is 2. The Morgan fingerprint density at radius 3 is 2.78 bits per heavy atom. The Morgan fingerprint density at radius 2 is 2.11 bits per heavy atom. The maximum absolute atomic E-state index is 5.63. The molecule has 2 heteroatoms. The molecule has 2 nitrogen and oxygen atoms in total. The molecule has 0 spiro atoms. The minimum Gasteiger partial charge on any atom is -0.378 e. The molecule has 18 heavy (non-hydrogen) atoms. The van der Waals surface area contributed by atoms with Crippen molar-refractivity contribution in [2.24, 2.45) is 0 Å². The fourth-order valence-corrected chi connectivity index (χ4v) is 2.49. The van der Waals surface area contributed by atoms with Crippen molar-refractivity contribution < 1.29 is 4.74 Å². The first-order valence-corrected chi connectivity index (χ1v) is 7.17. The Bertz CT molecular complexity index is 341. The lowest BCUT2D eigenvalue weighted by Crippen LogP contribution is -2.21. The highest BCUT2D eigenvalue weighted by Crippen LogP contribution is 2.17. The lowest BCUT2D eigenvalue weighted by molar-refractivity contribution is 0.102. The Balaban J connectivity index is 1.64. The Hall–Kier alpha value is -0.860. The van der Waals surface area contributed by atoms with E-state index in [0.717, 1.165) is 13.2 Å². The molecule has 0 aliphatic carbocycles. The van der Waals surface area contributed by atoms with Crippen LogP contribution in [0.1, 0.15) is 49.8 Å². The van der Waals surface area contributed by atoms with Crippen LogP contribution in [0.25, 0.3) is 0 Å². The summed E-state index contributed by atoms with van der Waals surface area (Å²) in [6, 6.07) is 9.23. The van der Waals surface area contributed by atoms with Gasteiger partial charge in [-0.25, -0.2) is 0 Å². The van der Waals surface area contributed by atoms with Crippen LogP contribution < -0.4 is 5.32 Å². The summed E-state index contributed by atoms with van der Waals surface area (Å²) in [6.07, 6.45) is 5.45. The van der Waals surface area contributed by atoms with Gasteiger partial charge in [-0.05, 0) is 51.6 Å². The zero-order chi connectivity index (χ0) is 12.8. The molecule has 1 aromatic carbocycles. The van der Waals surface area contributed by atoms with Crippen molar-refractivity contribution in [3.63, 3.8) is 0 Å². The van der Waals surface area contributed by atoms with E-state index in [0.29, 0.717) is 12.1 Å². The quantitative estimate of drug-likeness (QED) is 0.775. The second-order valence-corrected chi connectivity index (χ2v) is 5.36. The van der Waals surface area contributed by atoms with Crippen LogP contribution >= 0.6 is 0 Å². The largest absolute Gasteiger partial charge is 0.378 e. The van der Waals surface area contributed by atoms with Crippen LogP contribution in [0.5, 0.6) is 0 Å². The van der Waals surface area contributed by atoms with Gasteiger partial charge in [0.05, 0.1) is 6.10 Å². The van der Waals surface area contributed by atoms with Crippen LogP contribution in [0.3, 0.4) is 0 Å². The highest BCUT2D eigenvalue weighted by molar-refractivity contribution is 5.23. The van der Waals surface area contributed by atoms with E-state index in [1.807, 2.05) is 0 Å². The molecule has 1 unspecified atom stereocenters. The summed E-state index contributed by atoms with van der Waals surface area (Å²) < 4.78 is 5.63. The van der Waals surface area contributed by atoms with E-state index >= 15 is 0 Å². The first kappa shape index (κ1) is 13.6. The van der Waals surface area contributed by atoms with E-state index in [-0.39, 0.29) is 0 Å². The summed E-state index contributed by atoms with van der Waals surface area (Å²) in [4.78, 5) is 0. The van der Waals surface area contributed by atoms with Crippen LogP contribution in [0.4, 0.5) is 0 Å². The topological polar surface area (TPSA) is 21.3 Å². The molecule has 0 radical (unpaired) electrons. The second-order valence-electron chi connectivity index (χ2n) is 5.36. The highest BCUT2D eigenvalue weighted by Gasteiger charge is 2.14. The van der Waals surface area contributed by atoms with Gasteiger partial charge in [0.2, 0.25) is 0 Å². The van der Waals surface area contributed by atoms with E-state index < -0.39 is 0 Å². The third-order valence-electron chi connectivity index (χ3n) is 3.75. The van der Waals surface area contributed by atoms with E-state index in [9.17, 15) is 0 Å². The van der Waals surface area contributed by atoms with Gasteiger partial charge in [-0.2, -0.15) is 0 Å². The van der Waals surface area contributed by atoms with Crippen LogP contribution in [0.2, 0.25) is 0 Å². The Morgan fingerprint density at radius 1 is 1.33 bits per heavy atom. The fourth-order valence-electron chi connectivity index (χ4n) is 2.49. The van der Waals surface area contributed by atoms with Gasteiger partial charge in [-0.15, -0.1) is 0 Å². The van der Waals surface area contributed by atoms with Crippen molar-refractivity contribution in [2.45, 2.75) is 51.7 Å². The molecule has 0 amide bonds. The van der Waals surface area contributed by atoms with Crippen LogP contribution in [0, 0.1) is 6.92 Å². The first-order chi connectivity index (χ1) is 8.75. The molecular formula is C16H25NO. The van der Waals surface area contributed by atoms with Gasteiger partial charge in [-0.3, -0.25) is 0 Å². The number of benzene rings is 1. The molecule has 1 fully saturated rings. The van der Waals surface area contributed by atoms with E-state index in [1.165, 1.54) is 36.8 Å². The monoisotopic (exact) mass is 247 g/mol. The molecule has 1 aliphatic rings. The SMILES string of the molecule is Cc1ccc([C@H](C)NCCCC2CCCO2)cc1. The average molecular weight is 247 g/mol. The third-order valence-corrected chi connectivity index (χ3v) is 3.75. The maximum Gasteiger partial charge on any atom is 0.0576 e. The number of ether oxygens (including phenoxy) is 1. The van der Waals surface area contributed by atoms with Crippen LogP contribution in [0.15, 0.2) is 24.3 Å². The van der Waals surface area contributed by atoms with Gasteiger partial charge >= 0.3 is 0 Å². The van der Waals surface area contributed by atoms with E-state index in [4.69, 9.17) is 4.74 Å². The lowest BCUT2D eigenvalue weighted by atomic mass is 10.1. The smallest absolute Gasteiger partial charge is 0.0576 e. The number of rotatable bonds is 6. The van der Waals surface area contributed by atoms with Crippen molar-refractivity contribution in [3.8, 4) is 0 Å². The molecule has 0 saturated carbocycles. The number of aryl methyl sites for hydroxylation is 1. The molecule has 0 bridgehead atoms. The van der Waals surface area contributed by atoms with Crippen LogP contribution in [-0.2, 0) is 4.74 Å². The first-order valence-electron chi connectivity index (χ1n) is 7.17. The maximum atomic E-state index is 5.63. The predicted octanol–water partition coefficient (Wildman–Crippen LogP) is 3.60. The molecule has 100 valence electrons. The van der Waals surface area contributed by atoms with Crippen LogP contribution in [-0.4, -0.2) is 19.3 Å². The summed E-state index contributed by atoms with van der Waals surface area (Å²) in [7, 11) is 0. The fraction of sp³-hybridized carbons (Fsp3) is 0.625. The number of hydrogen-bond donors (Lipinski definition) is 1. The standard InChI is InChI=1S/C16H25NO/c1-13-7-9-15(10-8-13)14(2)17-11-3-5-16-6-4-12-18-16/h7-10,14,16-17H,3-6,11-12H2,1-2H3/t14-,16?/m0/s1. The molecule has 1 saturated heterocycles. The van der Waals surface area contributed by atoms with Gasteiger partial charge in [-0.1, -0.05) is 29.8 Å². The van der Waals surface area contributed by atoms with Gasteiger partial charge < -0.3 is 10.1 Å². The molecule has 2 rings (SSSR count). The Labute approximate surface area is 111 Å². The lowest BCUT2D eigenvalue weighted by Gasteiger charge is -2.15. The average Bonchev–Trinajstić information content (AvgIpc) is 2.88. The van der Waals surface area contributed by atoms with Crippen molar-refractivity contribution in [1.29, 1.82) is 0 Å². The van der Waals surface area contributed by atoms with Crippen molar-refractivity contribution in [1.82, 2.24) is 5.32 Å². The van der Waals surface area contributed by atoms with Gasteiger partial charge in [0, 0.05) is 12.6 Å². The summed E-state index contributed by atoms with van der Waals surface area (Å²) in [5.41, 5.74) is 2.70. The second kappa shape index (κ2) is 6.91. The number of nitrogens with one attached hydrogen (secondary N) is 1. The minimum atomic E-state index is 0.440. The summed E-state index contributed by atoms with van der Waals surface area (Å²) in [6.45, 7) is 6.41. The normalized spacial score (nSPS) is 21.1. The van der Waals surface area contributed by atoms with Gasteiger partial charge in [0.1, 0.15) is 0 Å². The van der Waals surface area contributed by atoms with Crippen molar-refractivity contribution in [3.05, 3.63) is 35.4 Å². The van der Waals surface area contributed by atoms with E-state index in [2.05, 4.69) is 43.4 Å². The predicted molar refractivity (Wildman–Crippen MR) is 75.8 cm³/mol. The third kappa shape index (κ3) is 4.11. The summed E-state index contributed by atoms with van der Waals surface area (Å²) in [5.74, 6) is 0. The molecular weight excluding hydrogens is 222 g/mol. The van der Waals surface area contributed by atoms with Gasteiger partial charge in [0.15, 0.2) is 0 Å². The zero-order valence-electron chi connectivity index (χ0n) is 11.6. The molecule has 1 N–H and O–H groups in total. The molecule has 2 atom stereocenters. The molecule has 1 heterocycles. The van der Waals surface area contributed by atoms with E-state index in [1.54, 1.807) is 0 Å². The Kier molecular flexibility index (Phi) is 5.21. The minimum absolute atomic E-state index is 0.440. The highest BCUT2D eigenvalue weighted by atomic mass is 16.5. The summed E-state index contributed by atoms with van der Waals surface area (Å²) in [5, 5.41) is 3.59. The van der Waals surface area contributed by atoms with Gasteiger partial charge in [0.25, 0.3) is 0 Å².